The summed E-state index contributed by atoms with van der Waals surface area (Å²) in [5.41, 5.74) is 2.85. The predicted octanol–water partition coefficient (Wildman–Crippen LogP) is 2.67. The van der Waals surface area contributed by atoms with Gasteiger partial charge in [0.25, 0.3) is 5.91 Å². The smallest absolute Gasteiger partial charge is 0.251 e. The predicted molar refractivity (Wildman–Crippen MR) is 79.3 cm³/mol. The van der Waals surface area contributed by atoms with Crippen LogP contribution in [0.25, 0.3) is 0 Å². The van der Waals surface area contributed by atoms with Crippen LogP contribution >= 0.6 is 15.9 Å². The third-order valence-electron chi connectivity index (χ3n) is 2.95. The Bertz CT molecular complexity index is 692. The first-order chi connectivity index (χ1) is 9.65. The summed E-state index contributed by atoms with van der Waals surface area (Å²) in [7, 11) is 1.60. The number of hydrogen-bond acceptors (Lipinski definition) is 3. The van der Waals surface area contributed by atoms with E-state index >= 15 is 0 Å². The molecule has 2 aromatic rings. The molecule has 2 rings (SSSR count). The Hall–Kier alpha value is -2.19. The molecule has 20 heavy (non-hydrogen) atoms. The van der Waals surface area contributed by atoms with Crippen molar-refractivity contribution < 1.29 is 4.79 Å². The molecule has 4 nitrogen and oxygen atoms in total. The van der Waals surface area contributed by atoms with Crippen LogP contribution in [0.5, 0.6) is 0 Å². The average Bonchev–Trinajstić information content (AvgIpc) is 2.47. The van der Waals surface area contributed by atoms with Crippen molar-refractivity contribution in [1.82, 2.24) is 10.3 Å². The quantitative estimate of drug-likeness (QED) is 0.880. The van der Waals surface area contributed by atoms with Crippen LogP contribution in [-0.2, 0) is 6.42 Å². The van der Waals surface area contributed by atoms with E-state index in [1.54, 1.807) is 19.2 Å². The van der Waals surface area contributed by atoms with Crippen molar-refractivity contribution in [3.8, 4) is 6.07 Å². The molecule has 0 unspecified atom stereocenters. The summed E-state index contributed by atoms with van der Waals surface area (Å²) in [5.74, 6) is -0.132. The number of nitrogens with zero attached hydrogens (tertiary/aromatic N) is 2. The third kappa shape index (κ3) is 3.03. The van der Waals surface area contributed by atoms with E-state index in [1.165, 1.54) is 6.20 Å². The highest BCUT2D eigenvalue weighted by atomic mass is 79.9. The van der Waals surface area contributed by atoms with E-state index in [4.69, 9.17) is 5.26 Å². The normalized spacial score (nSPS) is 9.85. The van der Waals surface area contributed by atoms with Gasteiger partial charge in [0.1, 0.15) is 10.7 Å². The fraction of sp³-hybridized carbons (Fsp3) is 0.133. The lowest BCUT2D eigenvalue weighted by atomic mass is 9.97. The number of benzene rings is 1. The van der Waals surface area contributed by atoms with Gasteiger partial charge in [0, 0.05) is 18.8 Å². The molecule has 0 aliphatic heterocycles. The van der Waals surface area contributed by atoms with Crippen LogP contribution in [0.2, 0.25) is 0 Å². The molecule has 0 aliphatic rings. The number of aromatic nitrogens is 1. The second-order valence-electron chi connectivity index (χ2n) is 4.19. The minimum atomic E-state index is -0.132. The Morgan fingerprint density at radius 1 is 1.40 bits per heavy atom. The fourth-order valence-electron chi connectivity index (χ4n) is 1.95. The highest BCUT2D eigenvalue weighted by Crippen LogP contribution is 2.19. The Kier molecular flexibility index (Phi) is 4.49. The first-order valence-electron chi connectivity index (χ1n) is 6.00. The van der Waals surface area contributed by atoms with Gasteiger partial charge in [0.15, 0.2) is 0 Å². The lowest BCUT2D eigenvalue weighted by molar-refractivity contribution is 0.0962. The summed E-state index contributed by atoms with van der Waals surface area (Å²) in [6.07, 6.45) is 2.04. The molecule has 1 N–H and O–H groups in total. The van der Waals surface area contributed by atoms with Gasteiger partial charge in [-0.1, -0.05) is 18.2 Å². The zero-order valence-electron chi connectivity index (χ0n) is 10.9. The number of carbonyl (C=O) groups is 1. The number of carbonyl (C=O) groups excluding carboxylic acids is 1. The molecule has 0 bridgehead atoms. The second-order valence-corrected chi connectivity index (χ2v) is 5.00. The summed E-state index contributed by atoms with van der Waals surface area (Å²) >= 11 is 3.30. The van der Waals surface area contributed by atoms with Gasteiger partial charge in [0.05, 0.1) is 5.56 Å². The number of nitrogens with one attached hydrogen (secondary N) is 1. The fourth-order valence-corrected chi connectivity index (χ4v) is 2.33. The van der Waals surface area contributed by atoms with Crippen molar-refractivity contribution in [3.05, 3.63) is 63.4 Å². The zero-order valence-corrected chi connectivity index (χ0v) is 12.4. The summed E-state index contributed by atoms with van der Waals surface area (Å²) < 4.78 is 0.670. The van der Waals surface area contributed by atoms with E-state index < -0.39 is 0 Å². The monoisotopic (exact) mass is 329 g/mol. The van der Waals surface area contributed by atoms with Crippen LogP contribution in [0.4, 0.5) is 0 Å². The average molecular weight is 330 g/mol. The number of pyridine rings is 1. The van der Waals surface area contributed by atoms with Crippen molar-refractivity contribution in [3.63, 3.8) is 0 Å². The number of amides is 1. The zero-order chi connectivity index (χ0) is 14.5. The lowest BCUT2D eigenvalue weighted by Gasteiger charge is -2.09. The van der Waals surface area contributed by atoms with Crippen molar-refractivity contribution >= 4 is 21.8 Å². The third-order valence-corrected chi connectivity index (χ3v) is 3.38. The maximum absolute atomic E-state index is 11.8. The van der Waals surface area contributed by atoms with Gasteiger partial charge in [-0.05, 0) is 45.6 Å². The Morgan fingerprint density at radius 3 is 2.85 bits per heavy atom. The van der Waals surface area contributed by atoms with Crippen LogP contribution in [0.3, 0.4) is 0 Å². The van der Waals surface area contributed by atoms with E-state index in [2.05, 4.69) is 32.3 Å². The van der Waals surface area contributed by atoms with E-state index in [0.29, 0.717) is 22.2 Å². The molecule has 0 saturated heterocycles. The van der Waals surface area contributed by atoms with E-state index in [1.807, 2.05) is 18.2 Å². The van der Waals surface area contributed by atoms with Gasteiger partial charge >= 0.3 is 0 Å². The maximum Gasteiger partial charge on any atom is 0.251 e. The molecule has 0 saturated carbocycles. The van der Waals surface area contributed by atoms with Gasteiger partial charge in [0.2, 0.25) is 0 Å². The van der Waals surface area contributed by atoms with E-state index in [9.17, 15) is 4.79 Å². The standard InChI is InChI=1S/C15H12BrN3O/c1-18-15(20)13-5-3-2-4-10(13)6-11-7-14(16)19-9-12(11)8-17/h2-5,7,9H,6H2,1H3,(H,18,20). The number of hydrogen-bond donors (Lipinski definition) is 1. The summed E-state index contributed by atoms with van der Waals surface area (Å²) in [6.45, 7) is 0. The molecule has 1 amide bonds. The summed E-state index contributed by atoms with van der Waals surface area (Å²) in [6, 6.07) is 11.3. The largest absolute Gasteiger partial charge is 0.355 e. The van der Waals surface area contributed by atoms with Gasteiger partial charge in [-0.15, -0.1) is 0 Å². The second kappa shape index (κ2) is 6.31. The van der Waals surface area contributed by atoms with Crippen molar-refractivity contribution in [2.45, 2.75) is 6.42 Å². The molecular weight excluding hydrogens is 318 g/mol. The molecule has 5 heteroatoms. The highest BCUT2D eigenvalue weighted by molar-refractivity contribution is 9.10. The molecule has 0 spiro atoms. The van der Waals surface area contributed by atoms with Crippen LogP contribution in [0, 0.1) is 11.3 Å². The Morgan fingerprint density at radius 2 is 2.15 bits per heavy atom. The van der Waals surface area contributed by atoms with Crippen LogP contribution in [-0.4, -0.2) is 17.9 Å². The van der Waals surface area contributed by atoms with E-state index in [0.717, 1.165) is 11.1 Å². The maximum atomic E-state index is 11.8. The molecule has 100 valence electrons. The lowest BCUT2D eigenvalue weighted by Crippen LogP contribution is -2.19. The summed E-state index contributed by atoms with van der Waals surface area (Å²) in [5, 5.41) is 11.7. The Labute approximate surface area is 125 Å². The molecule has 0 aliphatic carbocycles. The topological polar surface area (TPSA) is 65.8 Å². The molecule has 0 atom stereocenters. The number of halogens is 1. The first kappa shape index (κ1) is 14.2. The van der Waals surface area contributed by atoms with Gasteiger partial charge < -0.3 is 5.32 Å². The van der Waals surface area contributed by atoms with Crippen LogP contribution in [0.15, 0.2) is 41.1 Å². The van der Waals surface area contributed by atoms with Crippen molar-refractivity contribution in [2.24, 2.45) is 0 Å². The van der Waals surface area contributed by atoms with Crippen LogP contribution in [0.1, 0.15) is 27.0 Å². The van der Waals surface area contributed by atoms with E-state index in [-0.39, 0.29) is 5.91 Å². The molecule has 1 aromatic heterocycles. The van der Waals surface area contributed by atoms with Gasteiger partial charge in [-0.3, -0.25) is 4.79 Å². The molecule has 1 heterocycles. The minimum Gasteiger partial charge on any atom is -0.355 e. The molecular formula is C15H12BrN3O. The summed E-state index contributed by atoms with van der Waals surface area (Å²) in [4.78, 5) is 15.9. The van der Waals surface area contributed by atoms with Crippen LogP contribution < -0.4 is 5.32 Å². The molecule has 0 fully saturated rings. The highest BCUT2D eigenvalue weighted by Gasteiger charge is 2.12. The first-order valence-corrected chi connectivity index (χ1v) is 6.79. The molecule has 1 aromatic carbocycles. The number of rotatable bonds is 3. The van der Waals surface area contributed by atoms with Gasteiger partial charge in [-0.2, -0.15) is 5.26 Å². The number of nitriles is 1. The molecule has 0 radical (unpaired) electrons. The van der Waals surface area contributed by atoms with Crippen molar-refractivity contribution in [1.29, 1.82) is 5.26 Å². The minimum absolute atomic E-state index is 0.132. The Balaban J connectivity index is 2.43. The van der Waals surface area contributed by atoms with Gasteiger partial charge in [-0.25, -0.2) is 4.98 Å². The SMILES string of the molecule is CNC(=O)c1ccccc1Cc1cc(Br)ncc1C#N. The van der Waals surface area contributed by atoms with Crippen molar-refractivity contribution in [2.75, 3.05) is 7.05 Å².